The summed E-state index contributed by atoms with van der Waals surface area (Å²) in [6.45, 7) is 6.68. The van der Waals surface area contributed by atoms with Gasteiger partial charge in [0.2, 0.25) is 6.57 Å². The number of amidine groups is 1. The van der Waals surface area contributed by atoms with Gasteiger partial charge >= 0.3 is 0 Å². The Balaban J connectivity index is 3.23. The van der Waals surface area contributed by atoms with Gasteiger partial charge in [-0.2, -0.15) is 0 Å². The highest BCUT2D eigenvalue weighted by Crippen LogP contribution is 2.42. The number of rotatable bonds is 7. The number of para-hydroxylation sites is 1. The maximum Gasteiger partial charge on any atom is 0.224 e. The third-order valence-electron chi connectivity index (χ3n) is 3.31. The summed E-state index contributed by atoms with van der Waals surface area (Å²) in [5, 5.41) is 3.04. The highest BCUT2D eigenvalue weighted by molar-refractivity contribution is 8.09. The summed E-state index contributed by atoms with van der Waals surface area (Å²) in [4.78, 5) is 15.4. The van der Waals surface area contributed by atoms with Crippen molar-refractivity contribution in [3.63, 3.8) is 0 Å². The largest absolute Gasteiger partial charge is 0.339 e. The summed E-state index contributed by atoms with van der Waals surface area (Å²) in [6.07, 6.45) is 0.948. The van der Waals surface area contributed by atoms with Crippen molar-refractivity contribution in [1.82, 2.24) is 9.76 Å². The Hall–Kier alpha value is -0.740. The molecule has 6 heteroatoms. The molecule has 0 saturated heterocycles. The molecule has 0 saturated carbocycles. The SMILES string of the molecule is CCNP(O)(=S)N(CC)C(=Nc1ccccc1)[C@@H](C)CC. The number of hydrogen-bond donors (Lipinski definition) is 2. The molecular formula is C15H26N3OPS. The molecule has 0 amide bonds. The van der Waals surface area contributed by atoms with Crippen LogP contribution in [0.3, 0.4) is 0 Å². The lowest BCUT2D eigenvalue weighted by molar-refractivity contribution is 0.501. The second-order valence-electron chi connectivity index (χ2n) is 4.89. The van der Waals surface area contributed by atoms with E-state index in [1.807, 2.05) is 48.8 Å². The van der Waals surface area contributed by atoms with E-state index < -0.39 is 6.57 Å². The molecule has 4 nitrogen and oxygen atoms in total. The van der Waals surface area contributed by atoms with Gasteiger partial charge in [-0.1, -0.05) is 39.0 Å². The Labute approximate surface area is 133 Å². The van der Waals surface area contributed by atoms with Crippen LogP contribution >= 0.6 is 6.57 Å². The summed E-state index contributed by atoms with van der Waals surface area (Å²) >= 11 is 5.42. The molecule has 21 heavy (non-hydrogen) atoms. The van der Waals surface area contributed by atoms with Gasteiger partial charge in [0.05, 0.1) is 5.69 Å². The maximum atomic E-state index is 10.6. The summed E-state index contributed by atoms with van der Waals surface area (Å²) in [5.41, 5.74) is 0.887. The molecule has 1 unspecified atom stereocenters. The fourth-order valence-corrected chi connectivity index (χ4v) is 4.49. The zero-order chi connectivity index (χ0) is 15.9. The molecule has 0 aliphatic carbocycles. The second kappa shape index (κ2) is 8.64. The predicted octanol–water partition coefficient (Wildman–Crippen LogP) is 3.91. The van der Waals surface area contributed by atoms with Crippen molar-refractivity contribution in [3.8, 4) is 0 Å². The normalized spacial score (nSPS) is 16.3. The van der Waals surface area contributed by atoms with E-state index in [-0.39, 0.29) is 5.92 Å². The smallest absolute Gasteiger partial charge is 0.224 e. The number of nitrogens with one attached hydrogen (secondary N) is 1. The lowest BCUT2D eigenvalue weighted by atomic mass is 10.1. The molecule has 1 aromatic carbocycles. The van der Waals surface area contributed by atoms with Gasteiger partial charge in [0, 0.05) is 19.0 Å². The molecule has 1 rings (SSSR count). The summed E-state index contributed by atoms with van der Waals surface area (Å²) in [5.74, 6) is 1.09. The highest BCUT2D eigenvalue weighted by atomic mass is 32.4. The van der Waals surface area contributed by atoms with E-state index in [1.165, 1.54) is 0 Å². The van der Waals surface area contributed by atoms with Crippen LogP contribution in [0.2, 0.25) is 0 Å². The van der Waals surface area contributed by atoms with Gasteiger partial charge in [0.25, 0.3) is 0 Å². The van der Waals surface area contributed by atoms with Crippen molar-refractivity contribution in [2.24, 2.45) is 10.9 Å². The van der Waals surface area contributed by atoms with Crippen LogP contribution in [0.15, 0.2) is 35.3 Å². The van der Waals surface area contributed by atoms with Crippen LogP contribution in [0, 0.1) is 5.92 Å². The zero-order valence-corrected chi connectivity index (χ0v) is 15.0. The first-order chi connectivity index (χ1) is 9.96. The van der Waals surface area contributed by atoms with Crippen LogP contribution in [-0.4, -0.2) is 28.5 Å². The van der Waals surface area contributed by atoms with Crippen molar-refractivity contribution >= 4 is 29.9 Å². The molecule has 2 N–H and O–H groups in total. The van der Waals surface area contributed by atoms with Crippen molar-refractivity contribution in [2.45, 2.75) is 34.1 Å². The predicted molar refractivity (Wildman–Crippen MR) is 95.6 cm³/mol. The van der Waals surface area contributed by atoms with Crippen molar-refractivity contribution < 1.29 is 4.89 Å². The van der Waals surface area contributed by atoms with E-state index in [0.29, 0.717) is 13.1 Å². The zero-order valence-electron chi connectivity index (χ0n) is 13.3. The number of benzene rings is 1. The minimum atomic E-state index is -2.78. The standard InChI is InChI=1S/C15H26N3OPS/c1-5-13(4)15(17-14-11-9-8-10-12-14)18(7-3)20(19,21)16-6-2/h8-13H,5-7H2,1-4H3,(H2,16,19,21)/t13-,20?/m0/s1. The van der Waals surface area contributed by atoms with E-state index in [0.717, 1.165) is 17.9 Å². The molecule has 118 valence electrons. The van der Waals surface area contributed by atoms with Crippen LogP contribution in [0.25, 0.3) is 0 Å². The monoisotopic (exact) mass is 327 g/mol. The minimum Gasteiger partial charge on any atom is -0.339 e. The fraction of sp³-hybridized carbons (Fsp3) is 0.533. The third-order valence-corrected chi connectivity index (χ3v) is 6.16. The maximum absolute atomic E-state index is 10.6. The lowest BCUT2D eigenvalue weighted by Crippen LogP contribution is -2.36. The Kier molecular flexibility index (Phi) is 7.53. The van der Waals surface area contributed by atoms with E-state index in [2.05, 4.69) is 18.9 Å². The second-order valence-corrected chi connectivity index (χ2v) is 8.30. The van der Waals surface area contributed by atoms with Crippen LogP contribution in [0.1, 0.15) is 34.1 Å². The van der Waals surface area contributed by atoms with E-state index >= 15 is 0 Å². The van der Waals surface area contributed by atoms with Gasteiger partial charge in [-0.15, -0.1) is 0 Å². The molecule has 0 aliphatic heterocycles. The molecule has 2 atom stereocenters. The number of aliphatic imine (C=N–C) groups is 1. The number of nitrogens with zero attached hydrogens (tertiary/aromatic N) is 2. The molecule has 1 aromatic rings. The average Bonchev–Trinajstić information content (AvgIpc) is 2.47. The summed E-state index contributed by atoms with van der Waals surface area (Å²) in [7, 11) is 0. The van der Waals surface area contributed by atoms with Crippen LogP contribution in [-0.2, 0) is 11.8 Å². The molecule has 0 fully saturated rings. The summed E-state index contributed by atoms with van der Waals surface area (Å²) in [6, 6.07) is 9.81. The third kappa shape index (κ3) is 5.19. The lowest BCUT2D eigenvalue weighted by Gasteiger charge is -2.34. The van der Waals surface area contributed by atoms with Gasteiger partial charge in [-0.3, -0.25) is 9.76 Å². The van der Waals surface area contributed by atoms with Crippen molar-refractivity contribution in [1.29, 1.82) is 0 Å². The van der Waals surface area contributed by atoms with Gasteiger partial charge in [-0.25, -0.2) is 4.99 Å². The molecule has 0 aliphatic rings. The van der Waals surface area contributed by atoms with Crippen molar-refractivity contribution in [2.75, 3.05) is 13.1 Å². The quantitative estimate of drug-likeness (QED) is 0.453. The number of hydrogen-bond acceptors (Lipinski definition) is 2. The van der Waals surface area contributed by atoms with Gasteiger partial charge in [0.15, 0.2) is 0 Å². The summed E-state index contributed by atoms with van der Waals surface area (Å²) < 4.78 is 1.87. The minimum absolute atomic E-state index is 0.235. The first-order valence-electron chi connectivity index (χ1n) is 7.45. The van der Waals surface area contributed by atoms with Gasteiger partial charge in [0.1, 0.15) is 5.84 Å². The van der Waals surface area contributed by atoms with Crippen molar-refractivity contribution in [3.05, 3.63) is 30.3 Å². The van der Waals surface area contributed by atoms with Crippen LogP contribution in [0.5, 0.6) is 0 Å². The Morgan fingerprint density at radius 2 is 1.95 bits per heavy atom. The van der Waals surface area contributed by atoms with E-state index in [4.69, 9.17) is 16.8 Å². The Morgan fingerprint density at radius 1 is 1.33 bits per heavy atom. The Morgan fingerprint density at radius 3 is 2.43 bits per heavy atom. The molecule has 0 heterocycles. The first-order valence-corrected chi connectivity index (χ1v) is 10.2. The van der Waals surface area contributed by atoms with Crippen LogP contribution < -0.4 is 5.09 Å². The van der Waals surface area contributed by atoms with Gasteiger partial charge in [-0.05, 0) is 37.3 Å². The topological polar surface area (TPSA) is 47.9 Å². The van der Waals surface area contributed by atoms with E-state index in [1.54, 1.807) is 0 Å². The molecule has 0 aromatic heterocycles. The average molecular weight is 327 g/mol. The fourth-order valence-electron chi connectivity index (χ4n) is 2.02. The van der Waals surface area contributed by atoms with E-state index in [9.17, 15) is 4.89 Å². The molecular weight excluding hydrogens is 301 g/mol. The van der Waals surface area contributed by atoms with Crippen LogP contribution in [0.4, 0.5) is 5.69 Å². The first kappa shape index (κ1) is 18.3. The highest BCUT2D eigenvalue weighted by Gasteiger charge is 2.27. The molecule has 0 radical (unpaired) electrons. The molecule has 0 spiro atoms. The Bertz CT molecular complexity index is 507. The van der Waals surface area contributed by atoms with Gasteiger partial charge < -0.3 is 4.89 Å². The molecule has 0 bridgehead atoms.